The minimum absolute atomic E-state index is 0.0426. The van der Waals surface area contributed by atoms with Gasteiger partial charge in [-0.15, -0.1) is 0 Å². The van der Waals surface area contributed by atoms with Gasteiger partial charge in [0.25, 0.3) is 17.7 Å². The molecule has 0 fully saturated rings. The topological polar surface area (TPSA) is 347 Å². The van der Waals surface area contributed by atoms with E-state index in [4.69, 9.17) is 0 Å². The van der Waals surface area contributed by atoms with Gasteiger partial charge in [-0.05, 0) is 51.4 Å². The predicted octanol–water partition coefficient (Wildman–Crippen LogP) is 1.67. The Balaban J connectivity index is 5.90. The molecule has 0 aliphatic carbocycles. The van der Waals surface area contributed by atoms with Crippen molar-refractivity contribution in [2.75, 3.05) is 6.61 Å². The van der Waals surface area contributed by atoms with Crippen LogP contribution in [0, 0.1) is 0 Å². The van der Waals surface area contributed by atoms with E-state index in [0.29, 0.717) is 12.8 Å². The zero-order chi connectivity index (χ0) is 49.5. The summed E-state index contributed by atoms with van der Waals surface area (Å²) >= 11 is 0. The molecule has 23 nitrogen and oxygen atoms in total. The number of nitrogens with zero attached hydrogens (tertiary/aromatic N) is 3. The summed E-state index contributed by atoms with van der Waals surface area (Å²) < 4.78 is 0. The smallest absolute Gasteiger partial charge is 0.326 e. The number of carboxylic acids is 1. The van der Waals surface area contributed by atoms with E-state index in [1.165, 1.54) is 38.5 Å². The molecule has 0 aromatic heterocycles. The van der Waals surface area contributed by atoms with Crippen LogP contribution < -0.4 is 21.3 Å². The van der Waals surface area contributed by atoms with Crippen LogP contribution in [0.25, 0.3) is 0 Å². The van der Waals surface area contributed by atoms with Crippen LogP contribution in [0.5, 0.6) is 0 Å². The molecule has 0 aliphatic heterocycles. The average Bonchev–Trinajstić information content (AvgIpc) is 3.26. The fraction of sp³-hybridized carbons (Fsp3) is 0.690. The van der Waals surface area contributed by atoms with E-state index in [1.807, 2.05) is 5.32 Å². The lowest BCUT2D eigenvalue weighted by Gasteiger charge is -2.26. The first kappa shape index (κ1) is 59.3. The predicted molar refractivity (Wildman–Crippen MR) is 228 cm³/mol. The first-order valence-corrected chi connectivity index (χ1v) is 21.9. The lowest BCUT2D eigenvalue weighted by molar-refractivity contribution is -0.178. The third-order valence-corrected chi connectivity index (χ3v) is 9.92. The zero-order valence-electron chi connectivity index (χ0n) is 37.9. The number of amides is 10. The van der Waals surface area contributed by atoms with Crippen LogP contribution in [-0.4, -0.2) is 137 Å². The van der Waals surface area contributed by atoms with E-state index in [2.05, 4.69) is 35.0 Å². The van der Waals surface area contributed by atoms with Crippen molar-refractivity contribution in [3.63, 3.8) is 0 Å². The molecule has 0 saturated carbocycles. The summed E-state index contributed by atoms with van der Waals surface area (Å²) in [6.45, 7) is 3.62. The van der Waals surface area contributed by atoms with Crippen molar-refractivity contribution >= 4 is 65.0 Å². The molecular weight excluding hydrogens is 858 g/mol. The number of imide groups is 3. The van der Waals surface area contributed by atoms with Gasteiger partial charge in [0, 0.05) is 46.5 Å². The number of nitrogens with one attached hydrogen (secondary N) is 4. The second kappa shape index (κ2) is 33.8. The summed E-state index contributed by atoms with van der Waals surface area (Å²) in [6.07, 6.45) is 13.6. The third kappa shape index (κ3) is 26.0. The molecule has 10 amide bonds. The monoisotopic (exact) mass is 927 g/mol. The van der Waals surface area contributed by atoms with Crippen LogP contribution in [0.15, 0.2) is 12.2 Å². The Morgan fingerprint density at radius 2 is 0.800 bits per heavy atom. The van der Waals surface area contributed by atoms with E-state index < -0.39 is 134 Å². The van der Waals surface area contributed by atoms with Gasteiger partial charge >= 0.3 is 5.97 Å². The van der Waals surface area contributed by atoms with E-state index in [1.54, 1.807) is 0 Å². The van der Waals surface area contributed by atoms with Crippen molar-refractivity contribution in [3.05, 3.63) is 12.2 Å². The van der Waals surface area contributed by atoms with Gasteiger partial charge in [0.2, 0.25) is 41.4 Å². The molecule has 0 aromatic rings. The molecule has 368 valence electrons. The molecule has 0 heterocycles. The fourth-order valence-corrected chi connectivity index (χ4v) is 6.08. The van der Waals surface area contributed by atoms with Gasteiger partial charge in [0.1, 0.15) is 24.2 Å². The molecule has 23 heteroatoms. The maximum Gasteiger partial charge on any atom is 0.326 e. The minimum Gasteiger partial charge on any atom is -0.480 e. The molecule has 9 N–H and O–H groups in total. The number of hydrogen-bond acceptors (Lipinski definition) is 15. The molecular formula is C42H69N7O16. The van der Waals surface area contributed by atoms with Crippen LogP contribution in [0.2, 0.25) is 0 Å². The normalized spacial score (nSPS) is 12.8. The summed E-state index contributed by atoms with van der Waals surface area (Å²) in [5.41, 5.74) is 0. The van der Waals surface area contributed by atoms with Crippen molar-refractivity contribution in [1.29, 1.82) is 0 Å². The lowest BCUT2D eigenvalue weighted by Crippen LogP contribution is -2.58. The van der Waals surface area contributed by atoms with Crippen LogP contribution in [0.4, 0.5) is 0 Å². The molecule has 0 radical (unpaired) electrons. The molecule has 0 aliphatic rings. The number of allylic oxidation sites excluding steroid dienone is 2. The highest BCUT2D eigenvalue weighted by Crippen LogP contribution is 2.12. The lowest BCUT2D eigenvalue weighted by atomic mass is 10.1. The Kier molecular flexibility index (Phi) is 30.9. The van der Waals surface area contributed by atoms with Crippen molar-refractivity contribution in [2.24, 2.45) is 0 Å². The molecule has 0 rings (SSSR count). The first-order valence-electron chi connectivity index (χ1n) is 21.9. The van der Waals surface area contributed by atoms with Crippen molar-refractivity contribution in [1.82, 2.24) is 36.5 Å². The molecule has 0 aromatic carbocycles. The van der Waals surface area contributed by atoms with Crippen molar-refractivity contribution in [3.8, 4) is 0 Å². The fourth-order valence-electron chi connectivity index (χ4n) is 6.08. The maximum absolute atomic E-state index is 13.7. The Morgan fingerprint density at radius 3 is 1.20 bits per heavy atom. The summed E-state index contributed by atoms with van der Waals surface area (Å²) in [5, 5.41) is 56.6. The highest BCUT2D eigenvalue weighted by molar-refractivity contribution is 5.97. The average molecular weight is 928 g/mol. The van der Waals surface area contributed by atoms with Crippen LogP contribution in [-0.2, 0) is 52.7 Å². The standard InChI is InChI=1S/C42H69N7O16/c1-5-6-7-8-9-10-11-12-13-14-15-16-17-18-19-20-35(54)43-31(21-24-36(55)47(63)28(2)51)39(58)44-32(22-25-37(56)48(64)29(3)52)40(59)46-34(27-50)41(60)45-33(42(61)62)23-26-38(57)49(65)30(4)53/h12-13,31-34,50,63-65H,5-11,14-27H2,1-4H3,(H,43,54)(H,44,58)(H,45,60)(H,46,59)(H,61,62)/b13-12-/t31-,32-,33-,34-/m0/s1. The van der Waals surface area contributed by atoms with Gasteiger partial charge < -0.3 is 31.5 Å². The van der Waals surface area contributed by atoms with E-state index in [0.717, 1.165) is 52.9 Å². The van der Waals surface area contributed by atoms with E-state index in [9.17, 15) is 78.6 Å². The number of carboxylic acid groups (broad SMARTS) is 1. The van der Waals surface area contributed by atoms with Gasteiger partial charge in [0.15, 0.2) is 0 Å². The number of aliphatic hydroxyl groups is 1. The second-order valence-electron chi connectivity index (χ2n) is 15.4. The number of carbonyl (C=O) groups is 11. The molecule has 65 heavy (non-hydrogen) atoms. The van der Waals surface area contributed by atoms with Crippen molar-refractivity contribution in [2.45, 2.75) is 180 Å². The van der Waals surface area contributed by atoms with Gasteiger partial charge in [-0.3, -0.25) is 63.6 Å². The van der Waals surface area contributed by atoms with Crippen LogP contribution in [0.1, 0.15) is 156 Å². The molecule has 0 saturated heterocycles. The molecule has 4 atom stereocenters. The van der Waals surface area contributed by atoms with E-state index >= 15 is 0 Å². The maximum atomic E-state index is 13.7. The summed E-state index contributed by atoms with van der Waals surface area (Å²) in [5.74, 6) is -12.8. The van der Waals surface area contributed by atoms with Gasteiger partial charge in [0.05, 0.1) is 6.61 Å². The van der Waals surface area contributed by atoms with Gasteiger partial charge in [-0.2, -0.15) is 15.2 Å². The molecule has 0 spiro atoms. The molecule has 0 unspecified atom stereocenters. The number of aliphatic carboxylic acids is 1. The number of carbonyl (C=O) groups excluding carboxylic acids is 10. The quantitative estimate of drug-likeness (QED) is 0.0196. The zero-order valence-corrected chi connectivity index (χ0v) is 37.9. The largest absolute Gasteiger partial charge is 0.480 e. The highest BCUT2D eigenvalue weighted by Gasteiger charge is 2.33. The Morgan fingerprint density at radius 1 is 0.462 bits per heavy atom. The number of hydroxylamine groups is 6. The molecule has 0 bridgehead atoms. The second-order valence-corrected chi connectivity index (χ2v) is 15.4. The summed E-state index contributed by atoms with van der Waals surface area (Å²) in [4.78, 5) is 136. The number of rotatable bonds is 33. The number of hydrogen-bond donors (Lipinski definition) is 9. The van der Waals surface area contributed by atoms with Crippen molar-refractivity contribution < 1.29 is 78.6 Å². The van der Waals surface area contributed by atoms with Gasteiger partial charge in [-0.1, -0.05) is 70.4 Å². The highest BCUT2D eigenvalue weighted by atomic mass is 16.5. The Bertz CT molecular complexity index is 1640. The third-order valence-electron chi connectivity index (χ3n) is 9.92. The van der Waals surface area contributed by atoms with Gasteiger partial charge in [-0.25, -0.2) is 4.79 Å². The summed E-state index contributed by atoms with van der Waals surface area (Å²) in [7, 11) is 0. The first-order chi connectivity index (χ1) is 30.7. The van der Waals surface area contributed by atoms with E-state index in [-0.39, 0.29) is 21.6 Å². The minimum atomic E-state index is -1.94. The Labute approximate surface area is 378 Å². The number of aliphatic hydroxyl groups excluding tert-OH is 1. The SMILES string of the molecule is CCCCCCCC/C=C\CCCCCCCC(=O)N[C@@H](CCC(=O)N(O)C(C)=O)C(=O)N[C@@H](CCC(=O)N(O)C(C)=O)C(=O)N[C@@H](CO)C(=O)N[C@@H](CCC(=O)N(O)C(C)=O)C(=O)O. The van der Waals surface area contributed by atoms with Crippen LogP contribution in [0.3, 0.4) is 0 Å². The van der Waals surface area contributed by atoms with Crippen LogP contribution >= 0.6 is 0 Å². The summed E-state index contributed by atoms with van der Waals surface area (Å²) in [6, 6.07) is -7.21. The number of unbranched alkanes of at least 4 members (excludes halogenated alkanes) is 11. The Hall–Kier alpha value is -5.65.